The van der Waals surface area contributed by atoms with Gasteiger partial charge >= 0.3 is 0 Å². The molecule has 1 unspecified atom stereocenters. The summed E-state index contributed by atoms with van der Waals surface area (Å²) >= 11 is 0. The van der Waals surface area contributed by atoms with Gasteiger partial charge in [0.15, 0.2) is 0 Å². The first-order chi connectivity index (χ1) is 12.6. The van der Waals surface area contributed by atoms with E-state index in [0.29, 0.717) is 18.9 Å². The molecule has 1 aromatic carbocycles. The first kappa shape index (κ1) is 18.9. The van der Waals surface area contributed by atoms with Crippen molar-refractivity contribution in [2.75, 3.05) is 12.4 Å². The number of nitrogens with zero attached hydrogens (tertiary/aromatic N) is 1. The minimum atomic E-state index is -0.422. The number of hydrogen-bond donors (Lipinski definition) is 2. The Morgan fingerprint density at radius 3 is 2.65 bits per heavy atom. The van der Waals surface area contributed by atoms with E-state index < -0.39 is 6.04 Å². The number of para-hydroxylation sites is 1. The zero-order valence-electron chi connectivity index (χ0n) is 15.8. The third-order valence-electron chi connectivity index (χ3n) is 5.69. The average Bonchev–Trinajstić information content (AvgIpc) is 2.88. The molecular weight excluding hydrogens is 326 g/mol. The lowest BCUT2D eigenvalue weighted by Gasteiger charge is -2.31. The van der Waals surface area contributed by atoms with Crippen molar-refractivity contribution in [3.63, 3.8) is 0 Å². The standard InChI is InChI=1S/C21H31N3O2/c1-24(17-10-3-2-4-11-17)15-16-9-5-6-12-18(16)23-21(26)19-13-7-8-14-20(25)22-19/h5-6,9,12,17,19H,2-4,7-8,10-11,13-15H2,1H3,(H,22,25)(H,23,26). The van der Waals surface area contributed by atoms with Crippen molar-refractivity contribution in [2.45, 2.75) is 76.4 Å². The highest BCUT2D eigenvalue weighted by atomic mass is 16.2. The van der Waals surface area contributed by atoms with Gasteiger partial charge in [-0.05, 0) is 44.4 Å². The molecule has 1 aliphatic heterocycles. The quantitative estimate of drug-likeness (QED) is 0.848. The van der Waals surface area contributed by atoms with Crippen molar-refractivity contribution < 1.29 is 9.59 Å². The number of rotatable bonds is 5. The predicted octanol–water partition coefficient (Wildman–Crippen LogP) is 3.45. The highest BCUT2D eigenvalue weighted by molar-refractivity contribution is 5.97. The lowest BCUT2D eigenvalue weighted by Crippen LogP contribution is -2.42. The fourth-order valence-electron chi connectivity index (χ4n) is 4.09. The Bertz CT molecular complexity index is 625. The van der Waals surface area contributed by atoms with Crippen LogP contribution in [0.2, 0.25) is 0 Å². The van der Waals surface area contributed by atoms with Crippen LogP contribution in [-0.2, 0) is 16.1 Å². The van der Waals surface area contributed by atoms with Crippen molar-refractivity contribution in [3.8, 4) is 0 Å². The number of hydrogen-bond acceptors (Lipinski definition) is 3. The summed E-state index contributed by atoms with van der Waals surface area (Å²) in [6.45, 7) is 0.831. The molecule has 0 spiro atoms. The SMILES string of the molecule is CN(Cc1ccccc1NC(=O)C1CCCCC(=O)N1)C1CCCCC1. The van der Waals surface area contributed by atoms with Crippen LogP contribution >= 0.6 is 0 Å². The molecule has 2 N–H and O–H groups in total. The Labute approximate surface area is 156 Å². The van der Waals surface area contributed by atoms with E-state index in [1.54, 1.807) is 0 Å². The van der Waals surface area contributed by atoms with Gasteiger partial charge in [0.05, 0.1) is 0 Å². The molecule has 2 amide bonds. The summed E-state index contributed by atoms with van der Waals surface area (Å²) in [5.41, 5.74) is 1.99. The molecule has 2 fully saturated rings. The second-order valence-corrected chi connectivity index (χ2v) is 7.72. The van der Waals surface area contributed by atoms with Gasteiger partial charge in [-0.25, -0.2) is 0 Å². The van der Waals surface area contributed by atoms with E-state index in [9.17, 15) is 9.59 Å². The molecular formula is C21H31N3O2. The molecule has 1 heterocycles. The topological polar surface area (TPSA) is 61.4 Å². The van der Waals surface area contributed by atoms with Gasteiger partial charge in [-0.2, -0.15) is 0 Å². The van der Waals surface area contributed by atoms with E-state index in [1.165, 1.54) is 32.1 Å². The summed E-state index contributed by atoms with van der Waals surface area (Å²) in [7, 11) is 2.18. The summed E-state index contributed by atoms with van der Waals surface area (Å²) in [6.07, 6.45) is 9.50. The second-order valence-electron chi connectivity index (χ2n) is 7.72. The highest BCUT2D eigenvalue weighted by Crippen LogP contribution is 2.25. The van der Waals surface area contributed by atoms with Crippen LogP contribution in [0, 0.1) is 0 Å². The molecule has 1 saturated heterocycles. The summed E-state index contributed by atoms with van der Waals surface area (Å²) in [5, 5.41) is 5.91. The lowest BCUT2D eigenvalue weighted by atomic mass is 9.94. The van der Waals surface area contributed by atoms with Crippen molar-refractivity contribution in [1.82, 2.24) is 10.2 Å². The largest absolute Gasteiger partial charge is 0.344 e. The van der Waals surface area contributed by atoms with E-state index in [2.05, 4.69) is 28.6 Å². The van der Waals surface area contributed by atoms with Gasteiger partial charge in [-0.3, -0.25) is 14.5 Å². The van der Waals surface area contributed by atoms with Crippen molar-refractivity contribution in [1.29, 1.82) is 0 Å². The van der Waals surface area contributed by atoms with Crippen LogP contribution in [0.4, 0.5) is 5.69 Å². The first-order valence-electron chi connectivity index (χ1n) is 10.0. The van der Waals surface area contributed by atoms with Gasteiger partial charge in [0.2, 0.25) is 11.8 Å². The van der Waals surface area contributed by atoms with Crippen LogP contribution in [0.1, 0.15) is 63.4 Å². The zero-order valence-corrected chi connectivity index (χ0v) is 15.8. The molecule has 5 heteroatoms. The average molecular weight is 357 g/mol. The van der Waals surface area contributed by atoms with Crippen LogP contribution in [0.3, 0.4) is 0 Å². The van der Waals surface area contributed by atoms with E-state index in [0.717, 1.165) is 30.6 Å². The summed E-state index contributed by atoms with van der Waals surface area (Å²) in [5.74, 6) is -0.124. The summed E-state index contributed by atoms with van der Waals surface area (Å²) in [4.78, 5) is 26.8. The van der Waals surface area contributed by atoms with Gasteiger partial charge in [0.1, 0.15) is 6.04 Å². The van der Waals surface area contributed by atoms with E-state index in [1.807, 2.05) is 18.2 Å². The van der Waals surface area contributed by atoms with Crippen LogP contribution in [0.15, 0.2) is 24.3 Å². The highest BCUT2D eigenvalue weighted by Gasteiger charge is 2.24. The molecule has 1 atom stereocenters. The molecule has 26 heavy (non-hydrogen) atoms. The van der Waals surface area contributed by atoms with Crippen LogP contribution in [-0.4, -0.2) is 35.8 Å². The molecule has 3 rings (SSSR count). The van der Waals surface area contributed by atoms with E-state index >= 15 is 0 Å². The Hall–Kier alpha value is -1.88. The van der Waals surface area contributed by atoms with E-state index in [-0.39, 0.29) is 11.8 Å². The van der Waals surface area contributed by atoms with Crippen molar-refractivity contribution in [2.24, 2.45) is 0 Å². The minimum Gasteiger partial charge on any atom is -0.344 e. The Morgan fingerprint density at radius 1 is 1.12 bits per heavy atom. The number of carbonyl (C=O) groups is 2. The molecule has 5 nitrogen and oxygen atoms in total. The van der Waals surface area contributed by atoms with Crippen molar-refractivity contribution >= 4 is 17.5 Å². The molecule has 0 bridgehead atoms. The maximum Gasteiger partial charge on any atom is 0.246 e. The molecule has 2 aliphatic rings. The van der Waals surface area contributed by atoms with Crippen molar-refractivity contribution in [3.05, 3.63) is 29.8 Å². The number of benzene rings is 1. The van der Waals surface area contributed by atoms with Crippen LogP contribution < -0.4 is 10.6 Å². The molecule has 142 valence electrons. The van der Waals surface area contributed by atoms with Gasteiger partial charge in [-0.1, -0.05) is 43.9 Å². The number of amides is 2. The van der Waals surface area contributed by atoms with Crippen LogP contribution in [0.5, 0.6) is 0 Å². The predicted molar refractivity (Wildman–Crippen MR) is 104 cm³/mol. The fourth-order valence-corrected chi connectivity index (χ4v) is 4.09. The van der Waals surface area contributed by atoms with Gasteiger partial charge in [0, 0.05) is 24.7 Å². The number of carbonyl (C=O) groups excluding carboxylic acids is 2. The zero-order chi connectivity index (χ0) is 18.4. The smallest absolute Gasteiger partial charge is 0.246 e. The maximum absolute atomic E-state index is 12.7. The monoisotopic (exact) mass is 357 g/mol. The van der Waals surface area contributed by atoms with Gasteiger partial charge in [0.25, 0.3) is 0 Å². The van der Waals surface area contributed by atoms with Gasteiger partial charge in [-0.15, -0.1) is 0 Å². The molecule has 0 aromatic heterocycles. The Balaban J connectivity index is 1.64. The number of nitrogens with one attached hydrogen (secondary N) is 2. The third kappa shape index (κ3) is 5.07. The molecule has 1 saturated carbocycles. The van der Waals surface area contributed by atoms with E-state index in [4.69, 9.17) is 0 Å². The Morgan fingerprint density at radius 2 is 1.85 bits per heavy atom. The Kier molecular flexibility index (Phi) is 6.67. The summed E-state index contributed by atoms with van der Waals surface area (Å²) < 4.78 is 0. The van der Waals surface area contributed by atoms with Gasteiger partial charge < -0.3 is 10.6 Å². The molecule has 1 aromatic rings. The van der Waals surface area contributed by atoms with Crippen LogP contribution in [0.25, 0.3) is 0 Å². The summed E-state index contributed by atoms with van der Waals surface area (Å²) in [6, 6.07) is 8.22. The molecule has 1 aliphatic carbocycles. The maximum atomic E-state index is 12.7. The second kappa shape index (κ2) is 9.17. The lowest BCUT2D eigenvalue weighted by molar-refractivity contribution is -0.125. The third-order valence-corrected chi connectivity index (χ3v) is 5.69. The molecule has 0 radical (unpaired) electrons. The fraction of sp³-hybridized carbons (Fsp3) is 0.619. The normalized spacial score (nSPS) is 21.9. The number of anilines is 1. The first-order valence-corrected chi connectivity index (χ1v) is 10.0. The minimum absolute atomic E-state index is 0.0204.